The number of rotatable bonds is 8. The monoisotopic (exact) mass is 252 g/mol. The van der Waals surface area contributed by atoms with E-state index in [1.165, 1.54) is 0 Å². The Morgan fingerprint density at radius 3 is 2.56 bits per heavy atom. The quantitative estimate of drug-likeness (QED) is 0.693. The number of nitrogens with one attached hydrogen (secondary N) is 1. The molecule has 0 unspecified atom stereocenters. The zero-order valence-corrected chi connectivity index (χ0v) is 11.6. The van der Waals surface area contributed by atoms with E-state index in [2.05, 4.69) is 24.1 Å². The molecule has 2 N–H and O–H groups in total. The number of hydrogen-bond acceptors (Lipinski definition) is 4. The molecular weight excluding hydrogens is 228 g/mol. The fourth-order valence-electron chi connectivity index (χ4n) is 1.82. The molecule has 0 saturated carbocycles. The van der Waals surface area contributed by atoms with Gasteiger partial charge in [0.2, 0.25) is 0 Å². The molecule has 0 fully saturated rings. The summed E-state index contributed by atoms with van der Waals surface area (Å²) in [5.41, 5.74) is 0.898. The maximum absolute atomic E-state index is 9.79. The Balaban J connectivity index is 2.35. The van der Waals surface area contributed by atoms with Crippen LogP contribution < -0.4 is 10.1 Å². The highest BCUT2D eigenvalue weighted by molar-refractivity contribution is 5.39. The number of hydrogen-bond donors (Lipinski definition) is 2. The first-order valence-electron chi connectivity index (χ1n) is 6.50. The Morgan fingerprint density at radius 1 is 1.28 bits per heavy atom. The van der Waals surface area contributed by atoms with E-state index in [-0.39, 0.29) is 5.75 Å². The summed E-state index contributed by atoms with van der Waals surface area (Å²) in [6.07, 6.45) is 0. The van der Waals surface area contributed by atoms with E-state index in [1.54, 1.807) is 13.2 Å². The second-order valence-corrected chi connectivity index (χ2v) is 4.20. The fraction of sp³-hybridized carbons (Fsp3) is 0.571. The van der Waals surface area contributed by atoms with E-state index in [4.69, 9.17) is 4.74 Å². The molecule has 0 atom stereocenters. The minimum atomic E-state index is 0.282. The molecule has 0 spiro atoms. The van der Waals surface area contributed by atoms with Crippen LogP contribution in [0.1, 0.15) is 19.4 Å². The number of ether oxygens (including phenoxy) is 1. The normalized spacial score (nSPS) is 10.9. The molecule has 0 radical (unpaired) electrons. The summed E-state index contributed by atoms with van der Waals surface area (Å²) in [5, 5.41) is 13.1. The number of methoxy groups -OCH3 is 1. The summed E-state index contributed by atoms with van der Waals surface area (Å²) in [6, 6.07) is 5.39. The molecule has 0 aliphatic carbocycles. The molecule has 102 valence electrons. The van der Waals surface area contributed by atoms with Gasteiger partial charge in [-0.3, -0.25) is 0 Å². The van der Waals surface area contributed by atoms with Crippen LogP contribution in [0.2, 0.25) is 0 Å². The van der Waals surface area contributed by atoms with Crippen molar-refractivity contribution in [3.05, 3.63) is 23.8 Å². The van der Waals surface area contributed by atoms with Gasteiger partial charge in [0, 0.05) is 31.3 Å². The van der Waals surface area contributed by atoms with Gasteiger partial charge in [-0.2, -0.15) is 0 Å². The Kier molecular flexibility index (Phi) is 6.54. The van der Waals surface area contributed by atoms with E-state index in [9.17, 15) is 5.11 Å². The Morgan fingerprint density at radius 2 is 2.00 bits per heavy atom. The predicted molar refractivity (Wildman–Crippen MR) is 74.2 cm³/mol. The average molecular weight is 252 g/mol. The first-order valence-corrected chi connectivity index (χ1v) is 6.50. The van der Waals surface area contributed by atoms with E-state index in [0.29, 0.717) is 12.3 Å². The van der Waals surface area contributed by atoms with Gasteiger partial charge in [0.25, 0.3) is 0 Å². The number of benzene rings is 1. The fourth-order valence-corrected chi connectivity index (χ4v) is 1.82. The molecule has 0 amide bonds. The molecule has 0 saturated heterocycles. The summed E-state index contributed by atoms with van der Waals surface area (Å²) < 4.78 is 5.05. The molecule has 0 aliphatic heterocycles. The maximum Gasteiger partial charge on any atom is 0.123 e. The molecule has 0 heterocycles. The van der Waals surface area contributed by atoms with Crippen LogP contribution in [0.15, 0.2) is 18.2 Å². The van der Waals surface area contributed by atoms with Gasteiger partial charge in [0.15, 0.2) is 0 Å². The van der Waals surface area contributed by atoms with E-state index in [1.807, 2.05) is 12.1 Å². The number of nitrogens with zero attached hydrogens (tertiary/aromatic N) is 1. The highest BCUT2D eigenvalue weighted by Crippen LogP contribution is 2.22. The molecule has 18 heavy (non-hydrogen) atoms. The predicted octanol–water partition coefficient (Wildman–Crippen LogP) is 1.83. The third kappa shape index (κ3) is 4.55. The van der Waals surface area contributed by atoms with Crippen LogP contribution in [0.5, 0.6) is 11.5 Å². The highest BCUT2D eigenvalue weighted by atomic mass is 16.5. The van der Waals surface area contributed by atoms with Crippen molar-refractivity contribution >= 4 is 0 Å². The average Bonchev–Trinajstić information content (AvgIpc) is 2.40. The summed E-state index contributed by atoms with van der Waals surface area (Å²) in [6.45, 7) is 9.11. The standard InChI is InChI=1S/C14H24N2O2/c1-4-16(5-2)9-8-15-11-12-6-7-13(18-3)10-14(12)17/h6-7,10,15,17H,4-5,8-9,11H2,1-3H3. The van der Waals surface area contributed by atoms with E-state index >= 15 is 0 Å². The smallest absolute Gasteiger partial charge is 0.123 e. The van der Waals surface area contributed by atoms with Gasteiger partial charge >= 0.3 is 0 Å². The van der Waals surface area contributed by atoms with Crippen molar-refractivity contribution in [2.45, 2.75) is 20.4 Å². The van der Waals surface area contributed by atoms with Crippen molar-refractivity contribution in [3.63, 3.8) is 0 Å². The molecule has 0 aliphatic rings. The van der Waals surface area contributed by atoms with Crippen LogP contribution in [-0.2, 0) is 6.54 Å². The second-order valence-electron chi connectivity index (χ2n) is 4.20. The SMILES string of the molecule is CCN(CC)CCNCc1ccc(OC)cc1O. The van der Waals surface area contributed by atoms with Gasteiger partial charge in [-0.25, -0.2) is 0 Å². The summed E-state index contributed by atoms with van der Waals surface area (Å²) >= 11 is 0. The zero-order valence-electron chi connectivity index (χ0n) is 11.6. The third-order valence-electron chi connectivity index (χ3n) is 3.11. The molecule has 4 heteroatoms. The van der Waals surface area contributed by atoms with Crippen molar-refractivity contribution in [3.8, 4) is 11.5 Å². The highest BCUT2D eigenvalue weighted by Gasteiger charge is 2.03. The summed E-state index contributed by atoms with van der Waals surface area (Å²) in [7, 11) is 1.59. The van der Waals surface area contributed by atoms with Crippen molar-refractivity contribution in [2.75, 3.05) is 33.3 Å². The maximum atomic E-state index is 9.79. The van der Waals surface area contributed by atoms with Crippen LogP contribution in [0.4, 0.5) is 0 Å². The number of phenols is 1. The van der Waals surface area contributed by atoms with E-state index < -0.39 is 0 Å². The lowest BCUT2D eigenvalue weighted by atomic mass is 10.2. The van der Waals surface area contributed by atoms with Crippen LogP contribution in [0.3, 0.4) is 0 Å². The minimum Gasteiger partial charge on any atom is -0.507 e. The Bertz CT molecular complexity index is 352. The molecule has 1 rings (SSSR count). The van der Waals surface area contributed by atoms with Crippen molar-refractivity contribution in [2.24, 2.45) is 0 Å². The van der Waals surface area contributed by atoms with Crippen LogP contribution >= 0.6 is 0 Å². The first kappa shape index (κ1) is 14.8. The largest absolute Gasteiger partial charge is 0.507 e. The summed E-state index contributed by atoms with van der Waals surface area (Å²) in [4.78, 5) is 2.36. The van der Waals surface area contributed by atoms with Crippen LogP contribution in [0, 0.1) is 0 Å². The molecule has 1 aromatic rings. The van der Waals surface area contributed by atoms with Gasteiger partial charge in [0.1, 0.15) is 11.5 Å². The lowest BCUT2D eigenvalue weighted by molar-refractivity contribution is 0.302. The number of aromatic hydroxyl groups is 1. The van der Waals surface area contributed by atoms with Crippen LogP contribution in [0.25, 0.3) is 0 Å². The van der Waals surface area contributed by atoms with E-state index in [0.717, 1.165) is 31.7 Å². The van der Waals surface area contributed by atoms with Crippen molar-refractivity contribution < 1.29 is 9.84 Å². The summed E-state index contributed by atoms with van der Waals surface area (Å²) in [5.74, 6) is 0.962. The molecule has 4 nitrogen and oxygen atoms in total. The van der Waals surface area contributed by atoms with Gasteiger partial charge in [-0.15, -0.1) is 0 Å². The minimum absolute atomic E-state index is 0.282. The van der Waals surface area contributed by atoms with Gasteiger partial charge in [-0.05, 0) is 19.2 Å². The Labute approximate surface area is 110 Å². The third-order valence-corrected chi connectivity index (χ3v) is 3.11. The number of phenolic OH excluding ortho intramolecular Hbond substituents is 1. The van der Waals surface area contributed by atoms with Gasteiger partial charge < -0.3 is 20.1 Å². The molecule has 0 bridgehead atoms. The van der Waals surface area contributed by atoms with Crippen molar-refractivity contribution in [1.29, 1.82) is 0 Å². The topological polar surface area (TPSA) is 44.7 Å². The molecule has 0 aromatic heterocycles. The first-order chi connectivity index (χ1) is 8.71. The zero-order chi connectivity index (χ0) is 13.4. The van der Waals surface area contributed by atoms with Gasteiger partial charge in [0.05, 0.1) is 7.11 Å². The number of likely N-dealkylation sites (N-methyl/N-ethyl adjacent to an activating group) is 1. The van der Waals surface area contributed by atoms with Gasteiger partial charge in [-0.1, -0.05) is 19.9 Å². The molecular formula is C14H24N2O2. The van der Waals surface area contributed by atoms with Crippen LogP contribution in [-0.4, -0.2) is 43.3 Å². The van der Waals surface area contributed by atoms with Crippen molar-refractivity contribution in [1.82, 2.24) is 10.2 Å². The lowest BCUT2D eigenvalue weighted by Crippen LogP contribution is -2.31. The second kappa shape index (κ2) is 7.95. The Hall–Kier alpha value is -1.26. The molecule has 1 aromatic carbocycles. The lowest BCUT2D eigenvalue weighted by Gasteiger charge is -2.18.